The average Bonchev–Trinajstić information content (AvgIpc) is 3.01. The summed E-state index contributed by atoms with van der Waals surface area (Å²) in [5.74, 6) is -0.198. The molecule has 12 heteroatoms. The molecular formula is C30H34N4O7S. The van der Waals surface area contributed by atoms with Crippen LogP contribution in [0.4, 0.5) is 5.69 Å². The molecule has 4 rings (SSSR count). The Labute approximate surface area is 245 Å². The highest BCUT2D eigenvalue weighted by atomic mass is 32.2. The number of methoxy groups -OCH3 is 2. The van der Waals surface area contributed by atoms with Crippen LogP contribution in [0.2, 0.25) is 0 Å². The summed E-state index contributed by atoms with van der Waals surface area (Å²) in [5.41, 5.74) is 1.48. The molecule has 0 aliphatic carbocycles. The van der Waals surface area contributed by atoms with Crippen LogP contribution in [0.15, 0.2) is 83.8 Å². The van der Waals surface area contributed by atoms with Crippen LogP contribution < -0.4 is 19.7 Å². The number of hydrogen-bond acceptors (Lipinski definition) is 7. The van der Waals surface area contributed by atoms with Gasteiger partial charge in [0.15, 0.2) is 0 Å². The third-order valence-corrected chi connectivity index (χ3v) is 8.88. The topological polar surface area (TPSA) is 126 Å². The van der Waals surface area contributed by atoms with Gasteiger partial charge in [-0.3, -0.25) is 14.4 Å². The molecule has 42 heavy (non-hydrogen) atoms. The lowest BCUT2D eigenvalue weighted by atomic mass is 10.0. The van der Waals surface area contributed by atoms with Crippen molar-refractivity contribution < 1.29 is 32.3 Å². The second kappa shape index (κ2) is 13.5. The number of piperazine rings is 1. The second-order valence-corrected chi connectivity index (χ2v) is 11.7. The van der Waals surface area contributed by atoms with Crippen molar-refractivity contribution in [2.75, 3.05) is 52.3 Å². The number of nitrogens with one attached hydrogen (secondary N) is 1. The number of benzene rings is 3. The number of rotatable bonds is 11. The first-order chi connectivity index (χ1) is 20.1. The molecule has 0 spiro atoms. The number of anilines is 1. The van der Waals surface area contributed by atoms with Crippen molar-refractivity contribution in [2.45, 2.75) is 17.4 Å². The third kappa shape index (κ3) is 7.25. The summed E-state index contributed by atoms with van der Waals surface area (Å²) in [5, 5.41) is 2.79. The fourth-order valence-electron chi connectivity index (χ4n) is 4.59. The van der Waals surface area contributed by atoms with Crippen LogP contribution in [-0.4, -0.2) is 88.8 Å². The molecule has 222 valence electrons. The van der Waals surface area contributed by atoms with Gasteiger partial charge in [-0.2, -0.15) is 4.31 Å². The van der Waals surface area contributed by atoms with Crippen molar-refractivity contribution >= 4 is 33.4 Å². The van der Waals surface area contributed by atoms with Crippen LogP contribution in [0.5, 0.6) is 11.5 Å². The number of hydrogen-bond donors (Lipinski definition) is 1. The van der Waals surface area contributed by atoms with E-state index < -0.39 is 34.4 Å². The summed E-state index contributed by atoms with van der Waals surface area (Å²) in [6, 6.07) is 21.3. The Bertz CT molecular complexity index is 1500. The van der Waals surface area contributed by atoms with Crippen molar-refractivity contribution in [3.63, 3.8) is 0 Å². The van der Waals surface area contributed by atoms with Gasteiger partial charge in [-0.05, 0) is 54.1 Å². The average molecular weight is 595 g/mol. The zero-order valence-electron chi connectivity index (χ0n) is 23.7. The van der Waals surface area contributed by atoms with Gasteiger partial charge in [-0.1, -0.05) is 30.3 Å². The normalized spacial score (nSPS) is 14.6. The quantitative estimate of drug-likeness (QED) is 0.360. The molecule has 0 radical (unpaired) electrons. The Balaban J connectivity index is 1.42. The van der Waals surface area contributed by atoms with Crippen molar-refractivity contribution in [2.24, 2.45) is 0 Å². The van der Waals surface area contributed by atoms with Gasteiger partial charge in [0.1, 0.15) is 17.5 Å². The molecule has 1 heterocycles. The Kier molecular flexibility index (Phi) is 9.81. The molecule has 11 nitrogen and oxygen atoms in total. The van der Waals surface area contributed by atoms with E-state index in [1.54, 1.807) is 38.4 Å². The molecule has 1 atom stereocenters. The Morgan fingerprint density at radius 3 is 2.07 bits per heavy atom. The maximum atomic E-state index is 13.5. The van der Waals surface area contributed by atoms with E-state index in [1.165, 1.54) is 41.2 Å². The van der Waals surface area contributed by atoms with Crippen LogP contribution in [0.1, 0.15) is 5.56 Å². The summed E-state index contributed by atoms with van der Waals surface area (Å²) in [6.45, 7) is -0.640. The molecule has 3 aromatic rings. The zero-order valence-corrected chi connectivity index (χ0v) is 24.5. The number of carbonyl (C=O) groups is 3. The van der Waals surface area contributed by atoms with Crippen molar-refractivity contribution in [1.82, 2.24) is 14.5 Å². The fourth-order valence-corrected chi connectivity index (χ4v) is 5.97. The molecule has 1 N–H and O–H groups in total. The standard InChI is InChI=1S/C30H34N4O7S/c1-32(23-9-11-24(40-2)12-10-23)30(37)27(19-22-7-5-4-6-8-22)31-28(35)20-33-17-18-34(21-29(33)36)42(38,39)26-15-13-25(41-3)14-16-26/h4-16,27H,17-21H2,1-3H3,(H,31,35). The highest BCUT2D eigenvalue weighted by molar-refractivity contribution is 7.89. The number of nitrogens with zero attached hydrogens (tertiary/aromatic N) is 3. The predicted octanol–water partition coefficient (Wildman–Crippen LogP) is 1.93. The number of ether oxygens (including phenoxy) is 2. The third-order valence-electron chi connectivity index (χ3n) is 7.02. The summed E-state index contributed by atoms with van der Waals surface area (Å²) >= 11 is 0. The maximum absolute atomic E-state index is 13.5. The smallest absolute Gasteiger partial charge is 0.249 e. The molecular weight excluding hydrogens is 560 g/mol. The zero-order chi connectivity index (χ0) is 30.3. The van der Waals surface area contributed by atoms with E-state index in [0.29, 0.717) is 17.2 Å². The Morgan fingerprint density at radius 2 is 1.50 bits per heavy atom. The van der Waals surface area contributed by atoms with Gasteiger partial charge >= 0.3 is 0 Å². The van der Waals surface area contributed by atoms with Gasteiger partial charge in [-0.25, -0.2) is 8.42 Å². The van der Waals surface area contributed by atoms with Crippen LogP contribution in [0, 0.1) is 0 Å². The molecule has 1 aliphatic heterocycles. The lowest BCUT2D eigenvalue weighted by Gasteiger charge is -2.33. The van der Waals surface area contributed by atoms with Crippen LogP contribution in [0.3, 0.4) is 0 Å². The number of likely N-dealkylation sites (N-methyl/N-ethyl adjacent to an activating group) is 1. The molecule has 3 amide bonds. The minimum atomic E-state index is -3.91. The highest BCUT2D eigenvalue weighted by Crippen LogP contribution is 2.22. The first-order valence-corrected chi connectivity index (χ1v) is 14.7. The van der Waals surface area contributed by atoms with E-state index in [9.17, 15) is 22.8 Å². The lowest BCUT2D eigenvalue weighted by Crippen LogP contribution is -2.56. The monoisotopic (exact) mass is 594 g/mol. The molecule has 0 bridgehead atoms. The van der Waals surface area contributed by atoms with Crippen molar-refractivity contribution in [1.29, 1.82) is 0 Å². The minimum absolute atomic E-state index is 0.0277. The SMILES string of the molecule is COc1ccc(N(C)C(=O)C(Cc2ccccc2)NC(=O)CN2CCN(S(=O)(=O)c3ccc(OC)cc3)CC2=O)cc1. The predicted molar refractivity (Wildman–Crippen MR) is 157 cm³/mol. The van der Waals surface area contributed by atoms with Gasteiger partial charge in [0, 0.05) is 32.2 Å². The van der Waals surface area contributed by atoms with E-state index in [-0.39, 0.29) is 36.9 Å². The largest absolute Gasteiger partial charge is 0.497 e. The van der Waals surface area contributed by atoms with Gasteiger partial charge in [0.25, 0.3) is 0 Å². The minimum Gasteiger partial charge on any atom is -0.497 e. The fraction of sp³-hybridized carbons (Fsp3) is 0.300. The van der Waals surface area contributed by atoms with Crippen LogP contribution in [-0.2, 0) is 30.8 Å². The summed E-state index contributed by atoms with van der Waals surface area (Å²) < 4.78 is 37.5. The molecule has 0 saturated carbocycles. The lowest BCUT2D eigenvalue weighted by molar-refractivity contribution is -0.139. The summed E-state index contributed by atoms with van der Waals surface area (Å²) in [6.07, 6.45) is 0.244. The van der Waals surface area contributed by atoms with Gasteiger partial charge in [-0.15, -0.1) is 0 Å². The molecule has 1 aliphatic rings. The Hall–Kier alpha value is -4.42. The molecule has 1 saturated heterocycles. The first-order valence-electron chi connectivity index (χ1n) is 13.3. The second-order valence-electron chi connectivity index (χ2n) is 9.73. The van der Waals surface area contributed by atoms with E-state index in [1.807, 2.05) is 30.3 Å². The van der Waals surface area contributed by atoms with Gasteiger partial charge in [0.2, 0.25) is 27.7 Å². The van der Waals surface area contributed by atoms with E-state index >= 15 is 0 Å². The van der Waals surface area contributed by atoms with Crippen LogP contribution in [0.25, 0.3) is 0 Å². The number of amides is 3. The first kappa shape index (κ1) is 30.5. The van der Waals surface area contributed by atoms with E-state index in [2.05, 4.69) is 5.32 Å². The van der Waals surface area contributed by atoms with Gasteiger partial charge in [0.05, 0.1) is 32.2 Å². The maximum Gasteiger partial charge on any atom is 0.249 e. The van der Waals surface area contributed by atoms with E-state index in [0.717, 1.165) is 9.87 Å². The van der Waals surface area contributed by atoms with E-state index in [4.69, 9.17) is 9.47 Å². The summed E-state index contributed by atoms with van der Waals surface area (Å²) in [4.78, 5) is 42.4. The number of carbonyl (C=O) groups excluding carboxylic acids is 3. The molecule has 1 unspecified atom stereocenters. The molecule has 1 fully saturated rings. The Morgan fingerprint density at radius 1 is 0.905 bits per heavy atom. The van der Waals surface area contributed by atoms with Crippen LogP contribution >= 0.6 is 0 Å². The molecule has 0 aromatic heterocycles. The van der Waals surface area contributed by atoms with Gasteiger partial charge < -0.3 is 24.6 Å². The number of sulfonamides is 1. The molecule has 3 aromatic carbocycles. The highest BCUT2D eigenvalue weighted by Gasteiger charge is 2.34. The summed E-state index contributed by atoms with van der Waals surface area (Å²) in [7, 11) is 0.758. The van der Waals surface area contributed by atoms with Crippen molar-refractivity contribution in [3.05, 3.63) is 84.4 Å². The van der Waals surface area contributed by atoms with Crippen molar-refractivity contribution in [3.8, 4) is 11.5 Å².